The lowest BCUT2D eigenvalue weighted by atomic mass is 10.2. The Kier molecular flexibility index (Phi) is 3.61. The predicted octanol–water partition coefficient (Wildman–Crippen LogP) is 2.59. The number of rotatable bonds is 1. The predicted molar refractivity (Wildman–Crippen MR) is 59.3 cm³/mol. The molecule has 4 nitrogen and oxygen atoms in total. The maximum Gasteiger partial charge on any atom is 0.475 e. The third-order valence-corrected chi connectivity index (χ3v) is 2.87. The normalized spacial score (nSPS) is 20.9. The van der Waals surface area contributed by atoms with E-state index in [4.69, 9.17) is 11.6 Å². The monoisotopic (exact) mass is 315 g/mol. The van der Waals surface area contributed by atoms with Crippen molar-refractivity contribution in [3.05, 3.63) is 28.8 Å². The summed E-state index contributed by atoms with van der Waals surface area (Å²) in [5.74, 6) is -3.67. The maximum atomic E-state index is 13.6. The second kappa shape index (κ2) is 4.83. The van der Waals surface area contributed by atoms with Gasteiger partial charge >= 0.3 is 6.30 Å². The van der Waals surface area contributed by atoms with Crippen molar-refractivity contribution in [3.63, 3.8) is 0 Å². The van der Waals surface area contributed by atoms with E-state index >= 15 is 0 Å². The van der Waals surface area contributed by atoms with Crippen LogP contribution >= 0.6 is 11.6 Å². The molecule has 20 heavy (non-hydrogen) atoms. The summed E-state index contributed by atoms with van der Waals surface area (Å²) in [6.45, 7) is 0.953. The molecule has 1 heterocycles. The summed E-state index contributed by atoms with van der Waals surface area (Å²) in [6, 6.07) is -0.282. The SMILES string of the molecule is CC1C(=O)N(c2c(F)cc(Cl)cc2F)NN1C(F)(F)F. The summed E-state index contributed by atoms with van der Waals surface area (Å²) >= 11 is 5.40. The molecule has 2 rings (SSSR count). The number of hydrogen-bond acceptors (Lipinski definition) is 3. The van der Waals surface area contributed by atoms with Gasteiger partial charge in [-0.05, 0) is 19.1 Å². The number of anilines is 1. The van der Waals surface area contributed by atoms with Gasteiger partial charge in [-0.2, -0.15) is 18.7 Å². The number of hydrazine groups is 2. The fraction of sp³-hybridized carbons (Fsp3) is 0.300. The van der Waals surface area contributed by atoms with Gasteiger partial charge in [0.05, 0.1) is 0 Å². The zero-order valence-corrected chi connectivity index (χ0v) is 10.6. The largest absolute Gasteiger partial charge is 0.475 e. The first-order valence-electron chi connectivity index (χ1n) is 5.23. The molecule has 1 aliphatic heterocycles. The number of carbonyl (C=O) groups excluding carboxylic acids is 1. The van der Waals surface area contributed by atoms with Gasteiger partial charge in [0.25, 0.3) is 5.91 Å². The zero-order valence-electron chi connectivity index (χ0n) is 9.80. The Hall–Kier alpha value is -1.45. The molecule has 110 valence electrons. The summed E-state index contributed by atoms with van der Waals surface area (Å²) in [4.78, 5) is 11.7. The zero-order chi connectivity index (χ0) is 15.2. The molecule has 1 aromatic carbocycles. The van der Waals surface area contributed by atoms with E-state index in [1.807, 2.05) is 0 Å². The van der Waals surface area contributed by atoms with E-state index in [-0.39, 0.29) is 15.0 Å². The second-order valence-electron chi connectivity index (χ2n) is 4.01. The molecule has 1 amide bonds. The Balaban J connectivity index is 2.43. The number of alkyl halides is 3. The van der Waals surface area contributed by atoms with E-state index in [1.165, 1.54) is 0 Å². The topological polar surface area (TPSA) is 35.6 Å². The van der Waals surface area contributed by atoms with Crippen LogP contribution in [0.25, 0.3) is 0 Å². The Morgan fingerprint density at radius 3 is 2.15 bits per heavy atom. The van der Waals surface area contributed by atoms with Crippen LogP contribution in [0.5, 0.6) is 0 Å². The molecule has 1 N–H and O–H groups in total. The average Bonchev–Trinajstić information content (AvgIpc) is 2.55. The number of hydrogen-bond donors (Lipinski definition) is 1. The highest BCUT2D eigenvalue weighted by Gasteiger charge is 2.51. The number of benzene rings is 1. The van der Waals surface area contributed by atoms with Crippen LogP contribution in [0, 0.1) is 11.6 Å². The van der Waals surface area contributed by atoms with E-state index < -0.39 is 35.6 Å². The summed E-state index contributed by atoms with van der Waals surface area (Å²) in [5, 5.41) is -0.474. The van der Waals surface area contributed by atoms with Gasteiger partial charge in [-0.3, -0.25) is 4.79 Å². The molecule has 1 aromatic rings. The maximum absolute atomic E-state index is 13.6. The van der Waals surface area contributed by atoms with E-state index in [2.05, 4.69) is 0 Å². The summed E-state index contributed by atoms with van der Waals surface area (Å²) in [7, 11) is 0. The van der Waals surface area contributed by atoms with Gasteiger partial charge in [-0.25, -0.2) is 13.8 Å². The van der Waals surface area contributed by atoms with Gasteiger partial charge in [0.2, 0.25) is 0 Å². The van der Waals surface area contributed by atoms with Crippen molar-refractivity contribution in [3.8, 4) is 0 Å². The molecule has 1 unspecified atom stereocenters. The summed E-state index contributed by atoms with van der Waals surface area (Å²) in [5.41, 5.74) is 0.671. The van der Waals surface area contributed by atoms with Crippen LogP contribution in [0.2, 0.25) is 5.02 Å². The molecule has 1 fully saturated rings. The first-order chi connectivity index (χ1) is 9.12. The fourth-order valence-electron chi connectivity index (χ4n) is 1.73. The van der Waals surface area contributed by atoms with Gasteiger partial charge < -0.3 is 0 Å². The molecular weight excluding hydrogens is 309 g/mol. The van der Waals surface area contributed by atoms with Crippen molar-refractivity contribution in [1.82, 2.24) is 10.5 Å². The Bertz CT molecular complexity index is 541. The minimum Gasteiger partial charge on any atom is -0.271 e. The van der Waals surface area contributed by atoms with E-state index in [9.17, 15) is 26.7 Å². The number of nitrogens with one attached hydrogen (secondary N) is 1. The first kappa shape index (κ1) is 14.9. The van der Waals surface area contributed by atoms with Gasteiger partial charge in [0.1, 0.15) is 11.7 Å². The minimum absolute atomic E-state index is 0.166. The van der Waals surface area contributed by atoms with Crippen LogP contribution in [0.4, 0.5) is 27.6 Å². The highest BCUT2D eigenvalue weighted by atomic mass is 35.5. The Morgan fingerprint density at radius 2 is 1.75 bits per heavy atom. The average molecular weight is 316 g/mol. The van der Waals surface area contributed by atoms with Crippen LogP contribution in [0.3, 0.4) is 0 Å². The van der Waals surface area contributed by atoms with Crippen molar-refractivity contribution in [1.29, 1.82) is 0 Å². The highest BCUT2D eigenvalue weighted by molar-refractivity contribution is 6.30. The molecular formula is C10H7ClF5N3O. The van der Waals surface area contributed by atoms with Crippen LogP contribution in [0.1, 0.15) is 6.92 Å². The molecule has 1 aliphatic rings. The Morgan fingerprint density at radius 1 is 1.25 bits per heavy atom. The Labute approximate surface area is 114 Å². The lowest BCUT2D eigenvalue weighted by Crippen LogP contribution is -2.49. The van der Waals surface area contributed by atoms with Gasteiger partial charge in [0.15, 0.2) is 11.6 Å². The van der Waals surface area contributed by atoms with Crippen molar-refractivity contribution >= 4 is 23.2 Å². The van der Waals surface area contributed by atoms with Crippen molar-refractivity contribution < 1.29 is 26.7 Å². The van der Waals surface area contributed by atoms with E-state index in [0.29, 0.717) is 12.1 Å². The summed E-state index contributed by atoms with van der Waals surface area (Å²) in [6.07, 6.45) is -4.89. The quantitative estimate of drug-likeness (QED) is 0.639. The van der Waals surface area contributed by atoms with Crippen LogP contribution in [0.15, 0.2) is 12.1 Å². The number of nitrogens with zero attached hydrogens (tertiary/aromatic N) is 2. The molecule has 0 bridgehead atoms. The third-order valence-electron chi connectivity index (χ3n) is 2.65. The van der Waals surface area contributed by atoms with Crippen molar-refractivity contribution in [2.45, 2.75) is 19.3 Å². The van der Waals surface area contributed by atoms with E-state index in [0.717, 1.165) is 6.92 Å². The van der Waals surface area contributed by atoms with Crippen LogP contribution in [-0.4, -0.2) is 23.3 Å². The first-order valence-corrected chi connectivity index (χ1v) is 5.61. The van der Waals surface area contributed by atoms with Crippen molar-refractivity contribution in [2.75, 3.05) is 5.01 Å². The number of carbonyl (C=O) groups is 1. The lowest BCUT2D eigenvalue weighted by Gasteiger charge is -2.22. The van der Waals surface area contributed by atoms with Gasteiger partial charge in [-0.1, -0.05) is 11.6 Å². The molecule has 0 saturated carbocycles. The smallest absolute Gasteiger partial charge is 0.271 e. The van der Waals surface area contributed by atoms with Gasteiger partial charge in [0, 0.05) is 5.02 Å². The second-order valence-corrected chi connectivity index (χ2v) is 4.44. The number of amides is 1. The molecule has 10 heteroatoms. The molecule has 0 spiro atoms. The minimum atomic E-state index is -4.89. The van der Waals surface area contributed by atoms with Gasteiger partial charge in [-0.15, -0.1) is 5.01 Å². The van der Waals surface area contributed by atoms with Crippen LogP contribution in [-0.2, 0) is 4.79 Å². The third kappa shape index (κ3) is 2.43. The molecule has 0 radical (unpaired) electrons. The molecule has 1 atom stereocenters. The standard InChI is InChI=1S/C10H7ClF5N3O/c1-4-9(20)18(17-19(4)10(14,15)16)8-6(12)2-5(11)3-7(8)13/h2-4,17H,1H3. The summed E-state index contributed by atoms with van der Waals surface area (Å²) < 4.78 is 65.1. The highest BCUT2D eigenvalue weighted by Crippen LogP contribution is 2.32. The van der Waals surface area contributed by atoms with Crippen LogP contribution < -0.4 is 10.5 Å². The van der Waals surface area contributed by atoms with E-state index in [1.54, 1.807) is 5.53 Å². The molecule has 1 saturated heterocycles. The molecule has 0 aliphatic carbocycles. The lowest BCUT2D eigenvalue weighted by molar-refractivity contribution is -0.264. The van der Waals surface area contributed by atoms with Crippen molar-refractivity contribution in [2.24, 2.45) is 0 Å². The number of halogens is 6. The molecule has 0 aromatic heterocycles. The fourth-order valence-corrected chi connectivity index (χ4v) is 1.92.